The van der Waals surface area contributed by atoms with Gasteiger partial charge in [0.25, 0.3) is 0 Å². The van der Waals surface area contributed by atoms with Gasteiger partial charge in [-0.25, -0.2) is 0 Å². The van der Waals surface area contributed by atoms with Gasteiger partial charge in [-0.05, 0) is 0 Å². The molecular formula is C7H15NO2. The summed E-state index contributed by atoms with van der Waals surface area (Å²) >= 11 is 0. The highest BCUT2D eigenvalue weighted by molar-refractivity contribution is 5.64. The van der Waals surface area contributed by atoms with Crippen molar-refractivity contribution in [1.82, 2.24) is 0 Å². The van der Waals surface area contributed by atoms with Crippen molar-refractivity contribution in [2.24, 2.45) is 5.41 Å². The summed E-state index contributed by atoms with van der Waals surface area (Å²) in [4.78, 5) is 10.1. The van der Waals surface area contributed by atoms with Crippen LogP contribution < -0.4 is 10.8 Å². The summed E-state index contributed by atoms with van der Waals surface area (Å²) in [6.07, 6.45) is 0.0451. The molecule has 10 heavy (non-hydrogen) atoms. The lowest BCUT2D eigenvalue weighted by molar-refractivity contribution is -0.446. The van der Waals surface area contributed by atoms with Gasteiger partial charge in [-0.2, -0.15) is 0 Å². The molecule has 0 heterocycles. The van der Waals surface area contributed by atoms with Crippen LogP contribution in [-0.2, 0) is 4.79 Å². The molecule has 0 fully saturated rings. The maximum atomic E-state index is 10.1. The Hall–Kier alpha value is -0.570. The molecule has 0 aromatic rings. The first-order valence-corrected chi connectivity index (χ1v) is 3.37. The smallest absolute Gasteiger partial charge is 0.0945 e. The van der Waals surface area contributed by atoms with Crippen molar-refractivity contribution in [3.05, 3.63) is 0 Å². The number of carboxylic acid groups (broad SMARTS) is 1. The number of carbonyl (C=O) groups excluding carboxylic acids is 1. The predicted molar refractivity (Wildman–Crippen MR) is 35.8 cm³/mol. The van der Waals surface area contributed by atoms with E-state index < -0.39 is 5.97 Å². The van der Waals surface area contributed by atoms with Gasteiger partial charge < -0.3 is 15.6 Å². The number of hydrogen-bond donors (Lipinski definition) is 1. The number of aliphatic carboxylic acids is 1. The fourth-order valence-corrected chi connectivity index (χ4v) is 0.507. The molecule has 0 amide bonds. The lowest BCUT2D eigenvalue weighted by Crippen LogP contribution is -2.67. The Balaban J connectivity index is 3.85. The molecule has 60 valence electrons. The molecule has 0 aliphatic carbocycles. The summed E-state index contributed by atoms with van der Waals surface area (Å²) in [6, 6.07) is -0.0718. The molecule has 1 atom stereocenters. The van der Waals surface area contributed by atoms with Gasteiger partial charge in [0.15, 0.2) is 0 Å². The number of rotatable bonds is 2. The third-order valence-electron chi connectivity index (χ3n) is 1.64. The Kier molecular flexibility index (Phi) is 2.84. The molecule has 0 bridgehead atoms. The van der Waals surface area contributed by atoms with Crippen molar-refractivity contribution in [3.63, 3.8) is 0 Å². The van der Waals surface area contributed by atoms with Crippen LogP contribution in [0.25, 0.3) is 0 Å². The predicted octanol–water partition coefficient (Wildman–Crippen LogP) is -1.22. The van der Waals surface area contributed by atoms with Crippen molar-refractivity contribution in [2.45, 2.75) is 33.2 Å². The SMILES string of the molecule is CC(C)(C)[C@@H]([NH3+])CC(=O)[O-]. The van der Waals surface area contributed by atoms with Crippen molar-refractivity contribution >= 4 is 5.97 Å². The summed E-state index contributed by atoms with van der Waals surface area (Å²) in [6.45, 7) is 5.90. The highest BCUT2D eigenvalue weighted by Gasteiger charge is 2.23. The number of carbonyl (C=O) groups is 1. The second-order valence-corrected chi connectivity index (χ2v) is 3.64. The van der Waals surface area contributed by atoms with Gasteiger partial charge in [-0.3, -0.25) is 0 Å². The largest absolute Gasteiger partial charge is 0.550 e. The summed E-state index contributed by atoms with van der Waals surface area (Å²) in [5.41, 5.74) is 3.69. The zero-order valence-electron chi connectivity index (χ0n) is 6.81. The molecule has 0 aromatic carbocycles. The molecule has 0 rings (SSSR count). The Morgan fingerprint density at radius 2 is 2.00 bits per heavy atom. The van der Waals surface area contributed by atoms with Crippen LogP contribution in [0.4, 0.5) is 0 Å². The molecule has 0 saturated heterocycles. The standard InChI is InChI=1S/C7H15NO2/c1-7(2,3)5(8)4-6(9)10/h5H,4,8H2,1-3H3,(H,9,10)/t5-/m0/s1. The van der Waals surface area contributed by atoms with Crippen LogP contribution >= 0.6 is 0 Å². The van der Waals surface area contributed by atoms with Crippen LogP contribution in [0, 0.1) is 5.41 Å². The quantitative estimate of drug-likeness (QED) is 0.529. The van der Waals surface area contributed by atoms with E-state index in [1.807, 2.05) is 20.8 Å². The number of hydrogen-bond acceptors (Lipinski definition) is 2. The number of quaternary nitrogens is 1. The Morgan fingerprint density at radius 3 is 2.10 bits per heavy atom. The molecule has 3 N–H and O–H groups in total. The zero-order chi connectivity index (χ0) is 8.36. The van der Waals surface area contributed by atoms with Gasteiger partial charge in [0.1, 0.15) is 0 Å². The molecule has 0 unspecified atom stereocenters. The van der Waals surface area contributed by atoms with Crippen LogP contribution in [0.2, 0.25) is 0 Å². The van der Waals surface area contributed by atoms with Crippen molar-refractivity contribution in [1.29, 1.82) is 0 Å². The summed E-state index contributed by atoms with van der Waals surface area (Å²) in [7, 11) is 0. The first kappa shape index (κ1) is 9.43. The monoisotopic (exact) mass is 145 g/mol. The fourth-order valence-electron chi connectivity index (χ4n) is 0.507. The lowest BCUT2D eigenvalue weighted by atomic mass is 9.86. The van der Waals surface area contributed by atoms with Gasteiger partial charge in [-0.1, -0.05) is 20.8 Å². The minimum absolute atomic E-state index is 0.0416. The van der Waals surface area contributed by atoms with Crippen LogP contribution in [-0.4, -0.2) is 12.0 Å². The van der Waals surface area contributed by atoms with Gasteiger partial charge in [-0.15, -0.1) is 0 Å². The minimum atomic E-state index is -1.02. The molecule has 3 nitrogen and oxygen atoms in total. The average molecular weight is 145 g/mol. The average Bonchev–Trinajstić information content (AvgIpc) is 1.60. The summed E-state index contributed by atoms with van der Waals surface area (Å²) < 4.78 is 0. The molecule has 0 aliphatic rings. The molecule has 0 radical (unpaired) electrons. The van der Waals surface area contributed by atoms with E-state index >= 15 is 0 Å². The van der Waals surface area contributed by atoms with Crippen molar-refractivity contribution < 1.29 is 15.6 Å². The first-order chi connectivity index (χ1) is 4.34. The second-order valence-electron chi connectivity index (χ2n) is 3.64. The van der Waals surface area contributed by atoms with E-state index in [0.717, 1.165) is 0 Å². The minimum Gasteiger partial charge on any atom is -0.550 e. The molecule has 0 spiro atoms. The third kappa shape index (κ3) is 3.45. The van der Waals surface area contributed by atoms with E-state index in [9.17, 15) is 9.90 Å². The van der Waals surface area contributed by atoms with E-state index in [4.69, 9.17) is 0 Å². The molecule has 0 saturated carbocycles. The maximum Gasteiger partial charge on any atom is 0.0945 e. The van der Waals surface area contributed by atoms with Crippen LogP contribution in [0.3, 0.4) is 0 Å². The molecule has 0 aliphatic heterocycles. The highest BCUT2D eigenvalue weighted by Crippen LogP contribution is 2.17. The van der Waals surface area contributed by atoms with Gasteiger partial charge in [0.05, 0.1) is 6.04 Å². The Bertz CT molecular complexity index is 126. The second kappa shape index (κ2) is 3.01. The maximum absolute atomic E-state index is 10.1. The molecule has 3 heteroatoms. The molecule has 0 aromatic heterocycles. The first-order valence-electron chi connectivity index (χ1n) is 3.37. The van der Waals surface area contributed by atoms with Gasteiger partial charge >= 0.3 is 0 Å². The van der Waals surface area contributed by atoms with Crippen molar-refractivity contribution in [2.75, 3.05) is 0 Å². The Morgan fingerprint density at radius 1 is 1.60 bits per heavy atom. The van der Waals surface area contributed by atoms with E-state index in [-0.39, 0.29) is 17.9 Å². The Labute approximate surface area is 61.2 Å². The zero-order valence-corrected chi connectivity index (χ0v) is 6.81. The normalized spacial score (nSPS) is 14.8. The summed E-state index contributed by atoms with van der Waals surface area (Å²) in [5.74, 6) is -1.02. The van der Waals surface area contributed by atoms with Gasteiger partial charge in [0, 0.05) is 17.8 Å². The van der Waals surface area contributed by atoms with Gasteiger partial charge in [0.2, 0.25) is 0 Å². The third-order valence-corrected chi connectivity index (χ3v) is 1.64. The van der Waals surface area contributed by atoms with E-state index in [2.05, 4.69) is 5.73 Å². The fraction of sp³-hybridized carbons (Fsp3) is 0.857. The topological polar surface area (TPSA) is 67.8 Å². The summed E-state index contributed by atoms with van der Waals surface area (Å²) in [5, 5.41) is 10.1. The van der Waals surface area contributed by atoms with Crippen LogP contribution in [0.1, 0.15) is 27.2 Å². The molecular weight excluding hydrogens is 130 g/mol. The van der Waals surface area contributed by atoms with Crippen LogP contribution in [0.15, 0.2) is 0 Å². The van der Waals surface area contributed by atoms with Crippen LogP contribution in [0.5, 0.6) is 0 Å². The number of carboxylic acids is 1. The van der Waals surface area contributed by atoms with E-state index in [0.29, 0.717) is 0 Å². The lowest BCUT2D eigenvalue weighted by Gasteiger charge is -2.23. The van der Waals surface area contributed by atoms with E-state index in [1.54, 1.807) is 0 Å². The highest BCUT2D eigenvalue weighted by atomic mass is 16.4. The van der Waals surface area contributed by atoms with E-state index in [1.165, 1.54) is 0 Å². The van der Waals surface area contributed by atoms with Crippen molar-refractivity contribution in [3.8, 4) is 0 Å².